The highest BCUT2D eigenvalue weighted by Gasteiger charge is 2.31. The summed E-state index contributed by atoms with van der Waals surface area (Å²) in [5.41, 5.74) is 1.23. The Morgan fingerprint density at radius 2 is 1.86 bits per heavy atom. The van der Waals surface area contributed by atoms with E-state index in [4.69, 9.17) is 0 Å². The summed E-state index contributed by atoms with van der Waals surface area (Å²) in [7, 11) is 0.433. The fourth-order valence-electron chi connectivity index (χ4n) is 3.13. The van der Waals surface area contributed by atoms with Gasteiger partial charge in [0.25, 0.3) is 0 Å². The van der Waals surface area contributed by atoms with Crippen LogP contribution in [0, 0.1) is 5.92 Å². The van der Waals surface area contributed by atoms with Gasteiger partial charge in [-0.3, -0.25) is 4.79 Å². The number of hydrogen-bond donors (Lipinski definition) is 0. The van der Waals surface area contributed by atoms with E-state index in [-0.39, 0.29) is 5.92 Å². The van der Waals surface area contributed by atoms with Crippen LogP contribution in [0.25, 0.3) is 0 Å². The molecule has 1 nitrogen and oxygen atoms in total. The molecule has 0 bridgehead atoms. The van der Waals surface area contributed by atoms with Gasteiger partial charge in [-0.05, 0) is 35.2 Å². The second-order valence-electron chi connectivity index (χ2n) is 6.14. The summed E-state index contributed by atoms with van der Waals surface area (Å²) in [5, 5.41) is 0.401. The van der Waals surface area contributed by atoms with Crippen molar-refractivity contribution in [3.8, 4) is 0 Å². The van der Waals surface area contributed by atoms with E-state index in [1.807, 2.05) is 6.07 Å². The Kier molecular flexibility index (Phi) is 7.18. The molecule has 0 spiro atoms. The van der Waals surface area contributed by atoms with Crippen LogP contribution in [0.1, 0.15) is 43.6 Å². The van der Waals surface area contributed by atoms with Crippen molar-refractivity contribution < 1.29 is 4.79 Å². The van der Waals surface area contributed by atoms with Crippen LogP contribution < -0.4 is 0 Å². The largest absolute Gasteiger partial charge is 0.287 e. The number of carbonyl (C=O) groups excluding carboxylic acids is 1. The molecule has 3 heteroatoms. The van der Waals surface area contributed by atoms with E-state index >= 15 is 0 Å². The number of thioether (sulfide) groups is 1. The first-order chi connectivity index (χ1) is 10.2. The summed E-state index contributed by atoms with van der Waals surface area (Å²) in [6.45, 7) is 0. The van der Waals surface area contributed by atoms with Crippen LogP contribution in [-0.2, 0) is 15.7 Å². The first-order valence-electron chi connectivity index (χ1n) is 7.94. The van der Waals surface area contributed by atoms with Gasteiger partial charge >= 0.3 is 0 Å². The lowest BCUT2D eigenvalue weighted by Gasteiger charge is -2.29. The second kappa shape index (κ2) is 8.89. The normalized spacial score (nSPS) is 17.9. The molecule has 1 aromatic rings. The molecule has 0 radical (unpaired) electrons. The Hall–Kier alpha value is -0.410. The molecule has 1 aliphatic rings. The summed E-state index contributed by atoms with van der Waals surface area (Å²) in [6, 6.07) is 10.5. The van der Waals surface area contributed by atoms with Crippen molar-refractivity contribution in [2.45, 2.75) is 38.0 Å². The lowest BCUT2D eigenvalue weighted by molar-refractivity contribution is -0.113. The molecule has 0 N–H and O–H groups in total. The molecular weight excluding hydrogens is 296 g/mol. The number of rotatable bonds is 6. The van der Waals surface area contributed by atoms with E-state index < -0.39 is 0 Å². The zero-order valence-corrected chi connectivity index (χ0v) is 14.8. The molecule has 21 heavy (non-hydrogen) atoms. The molecule has 0 heterocycles. The SMILES string of the molecule is C[S+](C)CCSC(=O)C(c1ccccc1)C1CCCCC1. The molecule has 1 fully saturated rings. The lowest BCUT2D eigenvalue weighted by Crippen LogP contribution is -2.23. The number of carbonyl (C=O) groups is 1. The predicted molar refractivity (Wildman–Crippen MR) is 97.3 cm³/mol. The molecule has 1 aliphatic carbocycles. The molecule has 1 saturated carbocycles. The zero-order valence-electron chi connectivity index (χ0n) is 13.2. The van der Waals surface area contributed by atoms with Crippen LogP contribution in [0.15, 0.2) is 30.3 Å². The third-order valence-corrected chi connectivity index (χ3v) is 6.50. The van der Waals surface area contributed by atoms with E-state index in [1.165, 1.54) is 37.7 Å². The molecule has 1 atom stereocenters. The Labute approximate surface area is 136 Å². The van der Waals surface area contributed by atoms with E-state index in [0.717, 1.165) is 11.5 Å². The highest BCUT2D eigenvalue weighted by atomic mass is 32.2. The summed E-state index contributed by atoms with van der Waals surface area (Å²) in [5.74, 6) is 2.81. The van der Waals surface area contributed by atoms with Gasteiger partial charge in [0, 0.05) is 5.75 Å². The van der Waals surface area contributed by atoms with E-state index in [0.29, 0.717) is 21.9 Å². The molecule has 0 aliphatic heterocycles. The smallest absolute Gasteiger partial charge is 0.196 e. The summed E-state index contributed by atoms with van der Waals surface area (Å²) < 4.78 is 0. The van der Waals surface area contributed by atoms with Crippen molar-refractivity contribution in [3.63, 3.8) is 0 Å². The molecular formula is C18H27OS2+. The minimum absolute atomic E-state index is 0.118. The monoisotopic (exact) mass is 323 g/mol. The summed E-state index contributed by atoms with van der Waals surface area (Å²) in [6.07, 6.45) is 10.9. The van der Waals surface area contributed by atoms with Gasteiger partial charge < -0.3 is 0 Å². The minimum atomic E-state index is 0.118. The third kappa shape index (κ3) is 5.37. The fourth-order valence-corrected chi connectivity index (χ4v) is 5.50. The lowest BCUT2D eigenvalue weighted by atomic mass is 9.77. The molecule has 0 saturated heterocycles. The topological polar surface area (TPSA) is 17.1 Å². The Bertz CT molecular complexity index is 424. The first-order valence-corrected chi connectivity index (χ1v) is 11.1. The van der Waals surface area contributed by atoms with Crippen molar-refractivity contribution in [2.24, 2.45) is 5.92 Å². The van der Waals surface area contributed by atoms with Crippen molar-refractivity contribution in [2.75, 3.05) is 24.0 Å². The Morgan fingerprint density at radius 1 is 1.19 bits per heavy atom. The van der Waals surface area contributed by atoms with E-state index in [9.17, 15) is 4.79 Å². The van der Waals surface area contributed by atoms with E-state index in [2.05, 4.69) is 36.8 Å². The van der Waals surface area contributed by atoms with Crippen LogP contribution in [0.3, 0.4) is 0 Å². The van der Waals surface area contributed by atoms with Crippen molar-refractivity contribution in [1.29, 1.82) is 0 Å². The average Bonchev–Trinajstić information content (AvgIpc) is 2.49. The van der Waals surface area contributed by atoms with Gasteiger partial charge in [0.2, 0.25) is 0 Å². The van der Waals surface area contributed by atoms with Gasteiger partial charge in [-0.25, -0.2) is 0 Å². The van der Waals surface area contributed by atoms with Crippen LogP contribution in [0.4, 0.5) is 0 Å². The predicted octanol–water partition coefficient (Wildman–Crippen LogP) is 4.49. The van der Waals surface area contributed by atoms with Gasteiger partial charge in [0.15, 0.2) is 5.12 Å². The average molecular weight is 324 g/mol. The molecule has 1 aromatic carbocycles. The molecule has 1 unspecified atom stereocenters. The van der Waals surface area contributed by atoms with Crippen LogP contribution in [0.5, 0.6) is 0 Å². The number of benzene rings is 1. The van der Waals surface area contributed by atoms with Gasteiger partial charge in [-0.1, -0.05) is 61.4 Å². The van der Waals surface area contributed by atoms with Crippen molar-refractivity contribution in [3.05, 3.63) is 35.9 Å². The number of hydrogen-bond acceptors (Lipinski definition) is 2. The minimum Gasteiger partial charge on any atom is -0.287 e. The maximum Gasteiger partial charge on any atom is 0.196 e. The third-order valence-electron chi connectivity index (χ3n) is 4.27. The van der Waals surface area contributed by atoms with Crippen LogP contribution in [-0.4, -0.2) is 29.1 Å². The highest BCUT2D eigenvalue weighted by molar-refractivity contribution is 8.14. The summed E-state index contributed by atoms with van der Waals surface area (Å²) in [4.78, 5) is 12.8. The van der Waals surface area contributed by atoms with Crippen LogP contribution >= 0.6 is 11.8 Å². The van der Waals surface area contributed by atoms with Gasteiger partial charge in [-0.15, -0.1) is 0 Å². The standard InChI is InChI=1S/C18H27OS2/c1-21(2)14-13-20-18(19)17(15-9-5-3-6-10-15)16-11-7-4-8-12-16/h3,5-6,9-10,16-17H,4,7-8,11-14H2,1-2H3/q+1. The molecule has 0 aromatic heterocycles. The zero-order chi connectivity index (χ0) is 15.1. The quantitative estimate of drug-likeness (QED) is 0.718. The molecule has 116 valence electrons. The van der Waals surface area contributed by atoms with Crippen molar-refractivity contribution >= 4 is 27.8 Å². The highest BCUT2D eigenvalue weighted by Crippen LogP contribution is 2.38. The van der Waals surface area contributed by atoms with Crippen molar-refractivity contribution in [1.82, 2.24) is 0 Å². The Morgan fingerprint density at radius 3 is 2.48 bits per heavy atom. The van der Waals surface area contributed by atoms with E-state index in [1.54, 1.807) is 11.8 Å². The maximum atomic E-state index is 12.8. The van der Waals surface area contributed by atoms with Gasteiger partial charge in [0.05, 0.1) is 18.4 Å². The van der Waals surface area contributed by atoms with Gasteiger partial charge in [-0.2, -0.15) is 0 Å². The van der Waals surface area contributed by atoms with Gasteiger partial charge in [0.1, 0.15) is 5.75 Å². The van der Waals surface area contributed by atoms with Crippen LogP contribution in [0.2, 0.25) is 0 Å². The maximum absolute atomic E-state index is 12.8. The molecule has 2 rings (SSSR count). The second-order valence-corrected chi connectivity index (χ2v) is 9.62. The first kappa shape index (κ1) is 17.0. The summed E-state index contributed by atoms with van der Waals surface area (Å²) >= 11 is 1.57. The fraction of sp³-hybridized carbons (Fsp3) is 0.611. The molecule has 0 amide bonds. The Balaban J connectivity index is 2.06.